The Balaban J connectivity index is 2.07. The molecule has 1 aromatic heterocycles. The van der Waals surface area contributed by atoms with Gasteiger partial charge in [0.2, 0.25) is 10.0 Å². The molecule has 2 aromatic rings. The van der Waals surface area contributed by atoms with Crippen molar-refractivity contribution in [3.8, 4) is 0 Å². The first-order chi connectivity index (χ1) is 9.85. The summed E-state index contributed by atoms with van der Waals surface area (Å²) >= 11 is 0. The molecule has 7 heteroatoms. The van der Waals surface area contributed by atoms with Gasteiger partial charge in [-0.1, -0.05) is 0 Å². The molecule has 0 atom stereocenters. The summed E-state index contributed by atoms with van der Waals surface area (Å²) < 4.78 is 29.9. The van der Waals surface area contributed by atoms with Crippen LogP contribution in [0.25, 0.3) is 0 Å². The van der Waals surface area contributed by atoms with Gasteiger partial charge < -0.3 is 9.73 Å². The Morgan fingerprint density at radius 3 is 2.62 bits per heavy atom. The number of nitrogens with one attached hydrogen (secondary N) is 2. The van der Waals surface area contributed by atoms with E-state index >= 15 is 0 Å². The lowest BCUT2D eigenvalue weighted by molar-refractivity contribution is 0.0948. The average molecular weight is 308 g/mol. The Kier molecular flexibility index (Phi) is 4.32. The van der Waals surface area contributed by atoms with Crippen molar-refractivity contribution in [3.05, 3.63) is 53.5 Å². The zero-order valence-corrected chi connectivity index (χ0v) is 12.5. The molecule has 0 fully saturated rings. The van der Waals surface area contributed by atoms with Crippen molar-refractivity contribution in [1.82, 2.24) is 5.32 Å². The summed E-state index contributed by atoms with van der Waals surface area (Å²) in [5, 5.41) is 2.72. The molecule has 0 aliphatic rings. The highest BCUT2D eigenvalue weighted by Gasteiger charge is 2.10. The summed E-state index contributed by atoms with van der Waals surface area (Å²) in [6.07, 6.45) is 2.62. The van der Waals surface area contributed by atoms with Crippen LogP contribution in [-0.2, 0) is 16.6 Å². The van der Waals surface area contributed by atoms with Gasteiger partial charge in [0, 0.05) is 5.56 Å². The molecule has 21 heavy (non-hydrogen) atoms. The van der Waals surface area contributed by atoms with Crippen molar-refractivity contribution in [2.75, 3.05) is 11.0 Å². The van der Waals surface area contributed by atoms with E-state index in [1.165, 1.54) is 6.26 Å². The van der Waals surface area contributed by atoms with Crippen molar-refractivity contribution in [2.24, 2.45) is 0 Å². The van der Waals surface area contributed by atoms with E-state index in [0.717, 1.165) is 6.26 Å². The second kappa shape index (κ2) is 6.01. The van der Waals surface area contributed by atoms with E-state index in [1.807, 2.05) is 0 Å². The number of amides is 1. The number of hydrogen-bond acceptors (Lipinski definition) is 4. The predicted molar refractivity (Wildman–Crippen MR) is 79.5 cm³/mol. The van der Waals surface area contributed by atoms with Gasteiger partial charge in [-0.05, 0) is 42.8 Å². The van der Waals surface area contributed by atoms with E-state index in [9.17, 15) is 13.2 Å². The fourth-order valence-electron chi connectivity index (χ4n) is 1.80. The molecule has 112 valence electrons. The summed E-state index contributed by atoms with van der Waals surface area (Å²) in [6, 6.07) is 8.28. The highest BCUT2D eigenvalue weighted by atomic mass is 32.2. The molecule has 6 nitrogen and oxygen atoms in total. The molecule has 2 N–H and O–H groups in total. The number of sulfonamides is 1. The predicted octanol–water partition coefficient (Wildman–Crippen LogP) is 1.89. The lowest BCUT2D eigenvalue weighted by Crippen LogP contribution is -2.22. The molecule has 0 saturated carbocycles. The van der Waals surface area contributed by atoms with Gasteiger partial charge in [0.05, 0.1) is 24.8 Å². The fraction of sp³-hybridized carbons (Fsp3) is 0.214. The minimum absolute atomic E-state index is 0.250. The van der Waals surface area contributed by atoms with Gasteiger partial charge in [-0.3, -0.25) is 9.52 Å². The number of carbonyl (C=O) groups is 1. The van der Waals surface area contributed by atoms with Gasteiger partial charge in [-0.15, -0.1) is 0 Å². The molecule has 1 aromatic carbocycles. The second-order valence-electron chi connectivity index (χ2n) is 4.67. The van der Waals surface area contributed by atoms with Crippen LogP contribution in [0.1, 0.15) is 21.7 Å². The lowest BCUT2D eigenvalue weighted by atomic mass is 10.1. The van der Waals surface area contributed by atoms with Gasteiger partial charge in [-0.2, -0.15) is 0 Å². The van der Waals surface area contributed by atoms with E-state index in [1.54, 1.807) is 37.3 Å². The van der Waals surface area contributed by atoms with Gasteiger partial charge >= 0.3 is 0 Å². The lowest BCUT2D eigenvalue weighted by Gasteiger charge is -2.09. The molecule has 0 aliphatic heterocycles. The van der Waals surface area contributed by atoms with Crippen LogP contribution in [0.3, 0.4) is 0 Å². The molecule has 2 rings (SSSR count). The minimum Gasteiger partial charge on any atom is -0.467 e. The molecule has 0 saturated heterocycles. The van der Waals surface area contributed by atoms with Crippen LogP contribution in [0.5, 0.6) is 0 Å². The third-order valence-corrected chi connectivity index (χ3v) is 3.38. The Morgan fingerprint density at radius 2 is 2.05 bits per heavy atom. The monoisotopic (exact) mass is 308 g/mol. The van der Waals surface area contributed by atoms with Crippen LogP contribution in [0.15, 0.2) is 41.0 Å². The average Bonchev–Trinajstić information content (AvgIpc) is 2.90. The van der Waals surface area contributed by atoms with Crippen molar-refractivity contribution in [3.63, 3.8) is 0 Å². The van der Waals surface area contributed by atoms with Gasteiger partial charge in [0.25, 0.3) is 5.91 Å². The number of anilines is 1. The molecule has 0 unspecified atom stereocenters. The van der Waals surface area contributed by atoms with Crippen LogP contribution < -0.4 is 10.0 Å². The normalized spacial score (nSPS) is 11.1. The zero-order valence-electron chi connectivity index (χ0n) is 11.7. The fourth-order valence-corrected chi connectivity index (χ4v) is 2.43. The Bertz CT molecular complexity index is 736. The number of carbonyl (C=O) groups excluding carboxylic acids is 1. The maximum atomic E-state index is 12.0. The molecule has 0 aliphatic carbocycles. The Morgan fingerprint density at radius 1 is 1.29 bits per heavy atom. The molecule has 0 bridgehead atoms. The number of furan rings is 1. The van der Waals surface area contributed by atoms with Gasteiger partial charge in [0.1, 0.15) is 5.76 Å². The Hall–Kier alpha value is -2.28. The molecule has 1 heterocycles. The summed E-state index contributed by atoms with van der Waals surface area (Å²) in [5.74, 6) is 0.413. The third-order valence-electron chi connectivity index (χ3n) is 2.79. The number of rotatable bonds is 5. The third kappa shape index (κ3) is 4.35. The summed E-state index contributed by atoms with van der Waals surface area (Å²) in [7, 11) is -3.34. The Labute approximate surface area is 123 Å². The van der Waals surface area contributed by atoms with Crippen molar-refractivity contribution in [1.29, 1.82) is 0 Å². The first-order valence-electron chi connectivity index (χ1n) is 6.24. The van der Waals surface area contributed by atoms with Crippen molar-refractivity contribution in [2.45, 2.75) is 13.5 Å². The highest BCUT2D eigenvalue weighted by Crippen LogP contribution is 2.17. The maximum absolute atomic E-state index is 12.0. The van der Waals surface area contributed by atoms with E-state index in [0.29, 0.717) is 29.1 Å². The van der Waals surface area contributed by atoms with Crippen LogP contribution >= 0.6 is 0 Å². The quantitative estimate of drug-likeness (QED) is 0.883. The van der Waals surface area contributed by atoms with E-state index in [4.69, 9.17) is 4.42 Å². The standard InChI is InChI=1S/C14H16N2O4S/c1-10-8-11(5-6-13(10)16-21(2,18)19)14(17)15-9-12-4-3-7-20-12/h3-8,16H,9H2,1-2H3,(H,15,17). The van der Waals surface area contributed by atoms with Crippen LogP contribution in [0.4, 0.5) is 5.69 Å². The molecule has 0 spiro atoms. The minimum atomic E-state index is -3.34. The first-order valence-corrected chi connectivity index (χ1v) is 8.13. The summed E-state index contributed by atoms with van der Waals surface area (Å²) in [4.78, 5) is 12.0. The number of benzene rings is 1. The van der Waals surface area contributed by atoms with Crippen LogP contribution in [0, 0.1) is 6.92 Å². The van der Waals surface area contributed by atoms with Gasteiger partial charge in [0.15, 0.2) is 0 Å². The molecular weight excluding hydrogens is 292 g/mol. The first kappa shape index (κ1) is 15.1. The SMILES string of the molecule is Cc1cc(C(=O)NCc2ccco2)ccc1NS(C)(=O)=O. The van der Waals surface area contributed by atoms with Crippen LogP contribution in [0.2, 0.25) is 0 Å². The molecular formula is C14H16N2O4S. The number of hydrogen-bond donors (Lipinski definition) is 2. The van der Waals surface area contributed by atoms with Crippen molar-refractivity contribution < 1.29 is 17.6 Å². The second-order valence-corrected chi connectivity index (χ2v) is 6.41. The van der Waals surface area contributed by atoms with E-state index < -0.39 is 10.0 Å². The zero-order chi connectivity index (χ0) is 15.5. The van der Waals surface area contributed by atoms with Crippen LogP contribution in [-0.4, -0.2) is 20.6 Å². The summed E-state index contributed by atoms with van der Waals surface area (Å²) in [5.41, 5.74) is 1.59. The van der Waals surface area contributed by atoms with Gasteiger partial charge in [-0.25, -0.2) is 8.42 Å². The largest absolute Gasteiger partial charge is 0.467 e. The molecule has 1 amide bonds. The highest BCUT2D eigenvalue weighted by molar-refractivity contribution is 7.92. The number of aryl methyl sites for hydroxylation is 1. The van der Waals surface area contributed by atoms with E-state index in [2.05, 4.69) is 10.0 Å². The smallest absolute Gasteiger partial charge is 0.251 e. The topological polar surface area (TPSA) is 88.4 Å². The maximum Gasteiger partial charge on any atom is 0.251 e. The van der Waals surface area contributed by atoms with Crippen molar-refractivity contribution >= 4 is 21.6 Å². The molecule has 0 radical (unpaired) electrons. The summed E-state index contributed by atoms with van der Waals surface area (Å²) in [6.45, 7) is 2.03. The van der Waals surface area contributed by atoms with E-state index in [-0.39, 0.29) is 5.91 Å².